The summed E-state index contributed by atoms with van der Waals surface area (Å²) in [5.41, 5.74) is -0.919. The molecule has 0 spiro atoms. The summed E-state index contributed by atoms with van der Waals surface area (Å²) < 4.78 is 36.8. The van der Waals surface area contributed by atoms with Gasteiger partial charge in [-0.3, -0.25) is 10.1 Å². The molecule has 1 saturated carbocycles. The minimum Gasteiger partial charge on any atom is -0.488 e. The lowest BCUT2D eigenvalue weighted by atomic mass is 9.98. The van der Waals surface area contributed by atoms with Crippen molar-refractivity contribution in [2.75, 3.05) is 13.7 Å². The van der Waals surface area contributed by atoms with Crippen molar-refractivity contribution in [2.45, 2.75) is 37.8 Å². The highest BCUT2D eigenvalue weighted by Crippen LogP contribution is 2.26. The quantitative estimate of drug-likeness (QED) is 0.786. The molecule has 1 aromatic rings. The Morgan fingerprint density at radius 2 is 2.00 bits per heavy atom. The molecule has 0 radical (unpaired) electrons. The van der Waals surface area contributed by atoms with E-state index in [1.807, 2.05) is 0 Å². The van der Waals surface area contributed by atoms with Gasteiger partial charge in [0.25, 0.3) is 0 Å². The number of carbonyl (C=O) groups excluding carboxylic acids is 1. The van der Waals surface area contributed by atoms with Crippen LogP contribution in [0.3, 0.4) is 0 Å². The standard InChI is InChI=1S/C15H19F2NO3/c1-15(14(19)20-2,18-10-6-7-10)8-9-21-13-11(16)4-3-5-12(13)17/h3-5,10,18H,6-9H2,1-2H3. The summed E-state index contributed by atoms with van der Waals surface area (Å²) in [4.78, 5) is 11.9. The highest BCUT2D eigenvalue weighted by Gasteiger charge is 2.39. The fourth-order valence-electron chi connectivity index (χ4n) is 2.11. The minimum atomic E-state index is -0.919. The molecule has 2 rings (SSSR count). The number of esters is 1. The van der Waals surface area contributed by atoms with Crippen LogP contribution in [0.4, 0.5) is 8.78 Å². The van der Waals surface area contributed by atoms with Crippen LogP contribution in [0.25, 0.3) is 0 Å². The summed E-state index contributed by atoms with van der Waals surface area (Å²) in [6.07, 6.45) is 2.27. The van der Waals surface area contributed by atoms with Crippen molar-refractivity contribution in [2.24, 2.45) is 0 Å². The highest BCUT2D eigenvalue weighted by molar-refractivity contribution is 5.80. The number of carbonyl (C=O) groups is 1. The predicted octanol–water partition coefficient (Wildman–Crippen LogP) is 2.42. The molecule has 0 bridgehead atoms. The lowest BCUT2D eigenvalue weighted by Crippen LogP contribution is -2.52. The summed E-state index contributed by atoms with van der Waals surface area (Å²) in [5.74, 6) is -2.35. The third-order valence-corrected chi connectivity index (χ3v) is 3.50. The Bertz CT molecular complexity index is 499. The highest BCUT2D eigenvalue weighted by atomic mass is 19.1. The van der Waals surface area contributed by atoms with E-state index in [0.29, 0.717) is 6.04 Å². The van der Waals surface area contributed by atoms with Crippen LogP contribution in [0.5, 0.6) is 5.75 Å². The zero-order valence-electron chi connectivity index (χ0n) is 12.1. The van der Waals surface area contributed by atoms with Crippen LogP contribution < -0.4 is 10.1 Å². The zero-order chi connectivity index (χ0) is 15.5. The first-order valence-corrected chi connectivity index (χ1v) is 6.89. The van der Waals surface area contributed by atoms with Crippen molar-refractivity contribution in [3.8, 4) is 5.75 Å². The zero-order valence-corrected chi connectivity index (χ0v) is 12.1. The van der Waals surface area contributed by atoms with E-state index in [2.05, 4.69) is 5.32 Å². The molecule has 1 aromatic carbocycles. The van der Waals surface area contributed by atoms with Crippen LogP contribution >= 0.6 is 0 Å². The predicted molar refractivity (Wildman–Crippen MR) is 73.0 cm³/mol. The Morgan fingerprint density at radius 3 is 2.52 bits per heavy atom. The molecule has 6 heteroatoms. The summed E-state index contributed by atoms with van der Waals surface area (Å²) in [5, 5.41) is 3.19. The van der Waals surface area contributed by atoms with E-state index in [1.54, 1.807) is 6.92 Å². The van der Waals surface area contributed by atoms with Crippen LogP contribution in [-0.4, -0.2) is 31.3 Å². The Morgan fingerprint density at radius 1 is 1.38 bits per heavy atom. The van der Waals surface area contributed by atoms with Gasteiger partial charge in [0.05, 0.1) is 13.7 Å². The molecule has 0 aliphatic heterocycles. The second-order valence-electron chi connectivity index (χ2n) is 5.39. The number of hydrogen-bond acceptors (Lipinski definition) is 4. The molecular weight excluding hydrogens is 280 g/mol. The normalized spacial score (nSPS) is 17.1. The first kappa shape index (κ1) is 15.7. The van der Waals surface area contributed by atoms with Crippen molar-refractivity contribution in [1.82, 2.24) is 5.32 Å². The minimum absolute atomic E-state index is 0.00315. The maximum absolute atomic E-state index is 13.4. The molecule has 0 aromatic heterocycles. The van der Waals surface area contributed by atoms with Gasteiger partial charge in [-0.2, -0.15) is 0 Å². The number of nitrogens with one attached hydrogen (secondary N) is 1. The van der Waals surface area contributed by atoms with Gasteiger partial charge in [0.2, 0.25) is 0 Å². The lowest BCUT2D eigenvalue weighted by Gasteiger charge is -2.28. The Hall–Kier alpha value is -1.69. The molecule has 0 amide bonds. The Balaban J connectivity index is 1.97. The lowest BCUT2D eigenvalue weighted by molar-refractivity contribution is -0.148. The van der Waals surface area contributed by atoms with E-state index in [1.165, 1.54) is 13.2 Å². The number of hydrogen-bond donors (Lipinski definition) is 1. The Kier molecular flexibility index (Phi) is 4.77. The second-order valence-corrected chi connectivity index (χ2v) is 5.39. The molecule has 1 N–H and O–H groups in total. The van der Waals surface area contributed by atoms with Crippen LogP contribution in [0.1, 0.15) is 26.2 Å². The van der Waals surface area contributed by atoms with E-state index < -0.39 is 28.9 Å². The number of rotatable bonds is 7. The summed E-state index contributed by atoms with van der Waals surface area (Å²) in [7, 11) is 1.31. The SMILES string of the molecule is COC(=O)C(C)(CCOc1c(F)cccc1F)NC1CC1. The van der Waals surface area contributed by atoms with Gasteiger partial charge >= 0.3 is 5.97 Å². The monoisotopic (exact) mass is 299 g/mol. The molecule has 1 atom stereocenters. The number of ether oxygens (including phenoxy) is 2. The maximum Gasteiger partial charge on any atom is 0.325 e. The van der Waals surface area contributed by atoms with Gasteiger partial charge in [0.1, 0.15) is 5.54 Å². The van der Waals surface area contributed by atoms with Crippen molar-refractivity contribution >= 4 is 5.97 Å². The number of halogens is 2. The average molecular weight is 299 g/mol. The van der Waals surface area contributed by atoms with Crippen molar-refractivity contribution in [3.63, 3.8) is 0 Å². The van der Waals surface area contributed by atoms with Crippen molar-refractivity contribution < 1.29 is 23.0 Å². The van der Waals surface area contributed by atoms with Crippen LogP contribution in [0, 0.1) is 11.6 Å². The summed E-state index contributed by atoms with van der Waals surface area (Å²) in [6, 6.07) is 3.81. The largest absolute Gasteiger partial charge is 0.488 e. The third kappa shape index (κ3) is 3.91. The summed E-state index contributed by atoms with van der Waals surface area (Å²) >= 11 is 0. The number of methoxy groups -OCH3 is 1. The van der Waals surface area contributed by atoms with Gasteiger partial charge in [-0.15, -0.1) is 0 Å². The van der Waals surface area contributed by atoms with Gasteiger partial charge < -0.3 is 9.47 Å². The number of benzene rings is 1. The van der Waals surface area contributed by atoms with Gasteiger partial charge in [-0.1, -0.05) is 6.07 Å². The molecule has 21 heavy (non-hydrogen) atoms. The van der Waals surface area contributed by atoms with E-state index >= 15 is 0 Å². The Labute approximate surface area is 122 Å². The molecule has 1 fully saturated rings. The van der Waals surface area contributed by atoms with Crippen LogP contribution in [0.2, 0.25) is 0 Å². The molecule has 1 unspecified atom stereocenters. The third-order valence-electron chi connectivity index (χ3n) is 3.50. The first-order valence-electron chi connectivity index (χ1n) is 6.89. The molecule has 1 aliphatic rings. The molecule has 116 valence electrons. The molecule has 0 saturated heterocycles. The van der Waals surface area contributed by atoms with Gasteiger partial charge in [-0.05, 0) is 31.9 Å². The average Bonchev–Trinajstić information content (AvgIpc) is 3.25. The van der Waals surface area contributed by atoms with Gasteiger partial charge in [0, 0.05) is 12.5 Å². The smallest absolute Gasteiger partial charge is 0.325 e. The van der Waals surface area contributed by atoms with E-state index in [0.717, 1.165) is 25.0 Å². The van der Waals surface area contributed by atoms with E-state index in [4.69, 9.17) is 9.47 Å². The molecule has 0 heterocycles. The summed E-state index contributed by atoms with van der Waals surface area (Å²) in [6.45, 7) is 1.71. The molecule has 1 aliphatic carbocycles. The van der Waals surface area contributed by atoms with Crippen molar-refractivity contribution in [3.05, 3.63) is 29.8 Å². The fourth-order valence-corrected chi connectivity index (χ4v) is 2.11. The van der Waals surface area contributed by atoms with E-state index in [-0.39, 0.29) is 13.0 Å². The first-order chi connectivity index (χ1) is 9.96. The number of para-hydroxylation sites is 1. The van der Waals surface area contributed by atoms with Crippen LogP contribution in [0.15, 0.2) is 18.2 Å². The molecular formula is C15H19F2NO3. The van der Waals surface area contributed by atoms with Crippen LogP contribution in [-0.2, 0) is 9.53 Å². The molecule has 4 nitrogen and oxygen atoms in total. The fraction of sp³-hybridized carbons (Fsp3) is 0.533. The van der Waals surface area contributed by atoms with Gasteiger partial charge in [0.15, 0.2) is 17.4 Å². The van der Waals surface area contributed by atoms with E-state index in [9.17, 15) is 13.6 Å². The van der Waals surface area contributed by atoms with Crippen molar-refractivity contribution in [1.29, 1.82) is 0 Å². The topological polar surface area (TPSA) is 47.6 Å². The second kappa shape index (κ2) is 6.39. The van der Waals surface area contributed by atoms with Gasteiger partial charge in [-0.25, -0.2) is 8.78 Å². The maximum atomic E-state index is 13.4.